The van der Waals surface area contributed by atoms with Gasteiger partial charge >= 0.3 is 0 Å². The highest BCUT2D eigenvalue weighted by atomic mass is 79.9. The summed E-state index contributed by atoms with van der Waals surface area (Å²) in [6, 6.07) is 5.25. The van der Waals surface area contributed by atoms with Crippen molar-refractivity contribution in [1.82, 2.24) is 0 Å². The maximum atomic E-state index is 12.0. The second kappa shape index (κ2) is 7.07. The van der Waals surface area contributed by atoms with Gasteiger partial charge in [-0.15, -0.1) is 0 Å². The van der Waals surface area contributed by atoms with E-state index in [9.17, 15) is 4.79 Å². The Morgan fingerprint density at radius 1 is 1.61 bits per heavy atom. The molecule has 1 aromatic carbocycles. The lowest BCUT2D eigenvalue weighted by Crippen LogP contribution is -2.33. The molecule has 0 aliphatic heterocycles. The Bertz CT molecular complexity index is 467. The number of nitrogens with one attached hydrogen (secondary N) is 1. The van der Waals surface area contributed by atoms with E-state index in [2.05, 4.69) is 21.2 Å². The summed E-state index contributed by atoms with van der Waals surface area (Å²) in [6.07, 6.45) is 1.47. The molecule has 1 atom stereocenters. The number of thiocarbonyl (C=S) groups is 1. The fraction of sp³-hybridized carbons (Fsp3) is 0.333. The van der Waals surface area contributed by atoms with Crippen molar-refractivity contribution >= 4 is 56.3 Å². The number of carbonyl (C=O) groups is 1. The Hall–Kier alpha value is -0.650. The molecule has 3 N–H and O–H groups in total. The lowest BCUT2D eigenvalue weighted by Gasteiger charge is -2.15. The van der Waals surface area contributed by atoms with Crippen molar-refractivity contribution in [2.24, 2.45) is 11.7 Å². The first kappa shape index (κ1) is 15.4. The van der Waals surface area contributed by atoms with Crippen LogP contribution >= 0.6 is 39.7 Å². The Balaban J connectivity index is 2.82. The third kappa shape index (κ3) is 4.23. The lowest BCUT2D eigenvalue weighted by molar-refractivity contribution is -0.118. The first-order valence-corrected chi connectivity index (χ1v) is 7.08. The minimum absolute atomic E-state index is 0.211. The van der Waals surface area contributed by atoms with Crippen molar-refractivity contribution in [3.8, 4) is 0 Å². The van der Waals surface area contributed by atoms with E-state index in [-0.39, 0.29) is 10.9 Å². The molecule has 0 bridgehead atoms. The van der Waals surface area contributed by atoms with Crippen LogP contribution in [0.25, 0.3) is 0 Å². The topological polar surface area (TPSA) is 55.1 Å². The van der Waals surface area contributed by atoms with Gasteiger partial charge < -0.3 is 11.1 Å². The quantitative estimate of drug-likeness (QED) is 0.796. The summed E-state index contributed by atoms with van der Waals surface area (Å²) in [5.74, 6) is -0.668. The number of hydrogen-bond donors (Lipinski definition) is 2. The monoisotopic (exact) mass is 348 g/mol. The largest absolute Gasteiger partial charge is 0.393 e. The van der Waals surface area contributed by atoms with E-state index in [1.165, 1.54) is 0 Å². The summed E-state index contributed by atoms with van der Waals surface area (Å²) in [5.41, 5.74) is 6.13. The minimum atomic E-state index is -0.454. The van der Waals surface area contributed by atoms with Gasteiger partial charge in [-0.3, -0.25) is 4.79 Å². The molecular weight excluding hydrogens is 336 g/mol. The van der Waals surface area contributed by atoms with Gasteiger partial charge in [0.05, 0.1) is 21.6 Å². The van der Waals surface area contributed by atoms with E-state index in [1.54, 1.807) is 18.2 Å². The first-order chi connectivity index (χ1) is 8.45. The molecule has 0 fully saturated rings. The maximum Gasteiger partial charge on any atom is 0.234 e. The highest BCUT2D eigenvalue weighted by Gasteiger charge is 2.21. The summed E-state index contributed by atoms with van der Waals surface area (Å²) >= 11 is 14.2. The molecule has 0 aliphatic rings. The summed E-state index contributed by atoms with van der Waals surface area (Å²) in [4.78, 5) is 12.2. The van der Waals surface area contributed by atoms with Crippen molar-refractivity contribution < 1.29 is 4.79 Å². The number of benzene rings is 1. The van der Waals surface area contributed by atoms with Gasteiger partial charge in [-0.05, 0) is 24.6 Å². The van der Waals surface area contributed by atoms with Crippen LogP contribution in [0.1, 0.15) is 19.8 Å². The smallest absolute Gasteiger partial charge is 0.234 e. The van der Waals surface area contributed by atoms with Gasteiger partial charge in [-0.1, -0.05) is 53.1 Å². The number of halogens is 2. The average molecular weight is 350 g/mol. The fourth-order valence-electron chi connectivity index (χ4n) is 1.50. The minimum Gasteiger partial charge on any atom is -0.393 e. The van der Waals surface area contributed by atoms with Crippen LogP contribution in [0.5, 0.6) is 0 Å². The number of nitrogens with two attached hydrogens (primary N) is 1. The standard InChI is InChI=1S/C12H14BrClN2OS/c1-2-3-8(11(15)18)12(17)16-10-5-4-7(13)6-9(10)14/h4-6,8H,2-3H2,1H3,(H2,15,18)(H,16,17). The van der Waals surface area contributed by atoms with Gasteiger partial charge in [0.1, 0.15) is 0 Å². The van der Waals surface area contributed by atoms with Gasteiger partial charge in [-0.25, -0.2) is 0 Å². The molecule has 18 heavy (non-hydrogen) atoms. The molecule has 98 valence electrons. The number of carbonyl (C=O) groups excluding carboxylic acids is 1. The van der Waals surface area contributed by atoms with E-state index < -0.39 is 5.92 Å². The Morgan fingerprint density at radius 3 is 2.78 bits per heavy atom. The summed E-state index contributed by atoms with van der Waals surface area (Å²) in [6.45, 7) is 1.98. The van der Waals surface area contributed by atoms with Crippen LogP contribution < -0.4 is 11.1 Å². The van der Waals surface area contributed by atoms with Gasteiger partial charge in [0, 0.05) is 4.47 Å². The second-order valence-corrected chi connectivity index (χ2v) is 5.65. The van der Waals surface area contributed by atoms with E-state index >= 15 is 0 Å². The molecule has 0 aromatic heterocycles. The lowest BCUT2D eigenvalue weighted by atomic mass is 10.0. The molecule has 1 unspecified atom stereocenters. The molecular formula is C12H14BrClN2OS. The molecule has 1 rings (SSSR count). The van der Waals surface area contributed by atoms with Crippen LogP contribution in [0.4, 0.5) is 5.69 Å². The zero-order valence-corrected chi connectivity index (χ0v) is 13.0. The number of hydrogen-bond acceptors (Lipinski definition) is 2. The van der Waals surface area contributed by atoms with Crippen molar-refractivity contribution in [2.45, 2.75) is 19.8 Å². The van der Waals surface area contributed by atoms with Crippen molar-refractivity contribution in [1.29, 1.82) is 0 Å². The van der Waals surface area contributed by atoms with Crippen LogP contribution in [0.3, 0.4) is 0 Å². The average Bonchev–Trinajstić information content (AvgIpc) is 2.29. The van der Waals surface area contributed by atoms with Crippen molar-refractivity contribution in [3.63, 3.8) is 0 Å². The highest BCUT2D eigenvalue weighted by molar-refractivity contribution is 9.10. The molecule has 1 amide bonds. The molecule has 0 radical (unpaired) electrons. The molecule has 0 heterocycles. The number of amides is 1. The SMILES string of the molecule is CCCC(C(=O)Nc1ccc(Br)cc1Cl)C(N)=S. The highest BCUT2D eigenvalue weighted by Crippen LogP contribution is 2.26. The number of rotatable bonds is 5. The van der Waals surface area contributed by atoms with Crippen molar-refractivity contribution in [3.05, 3.63) is 27.7 Å². The van der Waals surface area contributed by atoms with E-state index in [0.29, 0.717) is 17.1 Å². The Labute approximate surface area is 125 Å². The molecule has 0 saturated heterocycles. The summed E-state index contributed by atoms with van der Waals surface area (Å²) < 4.78 is 0.852. The van der Waals surface area contributed by atoms with Gasteiger partial charge in [0.15, 0.2) is 0 Å². The van der Waals surface area contributed by atoms with Gasteiger partial charge in [0.2, 0.25) is 5.91 Å². The van der Waals surface area contributed by atoms with Crippen LogP contribution in [0, 0.1) is 5.92 Å². The molecule has 0 spiro atoms. The second-order valence-electron chi connectivity index (χ2n) is 3.86. The first-order valence-electron chi connectivity index (χ1n) is 5.51. The van der Waals surface area contributed by atoms with Crippen LogP contribution in [-0.2, 0) is 4.79 Å². The Kier molecular flexibility index (Phi) is 6.05. The summed E-state index contributed by atoms with van der Waals surface area (Å²) in [7, 11) is 0. The molecule has 1 aromatic rings. The molecule has 6 heteroatoms. The molecule has 3 nitrogen and oxygen atoms in total. The van der Waals surface area contributed by atoms with E-state index in [0.717, 1.165) is 10.9 Å². The van der Waals surface area contributed by atoms with Crippen LogP contribution in [0.2, 0.25) is 5.02 Å². The third-order valence-corrected chi connectivity index (χ3v) is 3.52. The zero-order valence-electron chi connectivity index (χ0n) is 9.87. The Morgan fingerprint density at radius 2 is 2.28 bits per heavy atom. The van der Waals surface area contributed by atoms with Crippen molar-refractivity contribution in [2.75, 3.05) is 5.32 Å². The zero-order chi connectivity index (χ0) is 13.7. The molecule has 0 aliphatic carbocycles. The number of anilines is 1. The normalized spacial score (nSPS) is 11.9. The summed E-state index contributed by atoms with van der Waals surface area (Å²) in [5, 5.41) is 3.21. The van der Waals surface area contributed by atoms with Crippen LogP contribution in [0.15, 0.2) is 22.7 Å². The predicted molar refractivity (Wildman–Crippen MR) is 83.0 cm³/mol. The molecule has 0 saturated carbocycles. The van der Waals surface area contributed by atoms with Crippen LogP contribution in [-0.4, -0.2) is 10.9 Å². The van der Waals surface area contributed by atoms with E-state index in [4.69, 9.17) is 29.6 Å². The predicted octanol–water partition coefficient (Wildman–Crippen LogP) is 3.74. The third-order valence-electron chi connectivity index (χ3n) is 2.43. The van der Waals surface area contributed by atoms with Gasteiger partial charge in [0.25, 0.3) is 0 Å². The van der Waals surface area contributed by atoms with Gasteiger partial charge in [-0.2, -0.15) is 0 Å². The maximum absolute atomic E-state index is 12.0. The van der Waals surface area contributed by atoms with E-state index in [1.807, 2.05) is 6.92 Å². The fourth-order valence-corrected chi connectivity index (χ4v) is 2.45.